The van der Waals surface area contributed by atoms with Crippen LogP contribution in [-0.4, -0.2) is 48.0 Å². The Morgan fingerprint density at radius 1 is 1.23 bits per heavy atom. The van der Waals surface area contributed by atoms with Gasteiger partial charge in [-0.05, 0) is 75.3 Å². The SMILES string of the molecule is CNc1sc2c(c1C(N)=NC1CCC(N(C)Cc3ccc(C(=O)O)cc3)CC1)CCC2. The average molecular weight is 441 g/mol. The number of aromatic carboxylic acids is 1. The Balaban J connectivity index is 1.35. The quantitative estimate of drug-likeness (QED) is 0.445. The number of carboxylic acid groups (broad SMARTS) is 1. The van der Waals surface area contributed by atoms with Gasteiger partial charge in [0.05, 0.1) is 22.2 Å². The number of nitrogens with zero attached hydrogens (tertiary/aromatic N) is 2. The Morgan fingerprint density at radius 2 is 1.94 bits per heavy atom. The predicted octanol–water partition coefficient (Wildman–Crippen LogP) is 4.13. The topological polar surface area (TPSA) is 91.0 Å². The second kappa shape index (κ2) is 9.40. The monoisotopic (exact) mass is 440 g/mol. The molecule has 1 saturated carbocycles. The summed E-state index contributed by atoms with van der Waals surface area (Å²) in [6.45, 7) is 0.827. The van der Waals surface area contributed by atoms with Crippen LogP contribution < -0.4 is 11.1 Å². The third kappa shape index (κ3) is 4.77. The molecule has 0 atom stereocenters. The number of hydrogen-bond donors (Lipinski definition) is 3. The van der Waals surface area contributed by atoms with Gasteiger partial charge < -0.3 is 16.2 Å². The number of amidine groups is 1. The number of rotatable bonds is 7. The van der Waals surface area contributed by atoms with Gasteiger partial charge in [0.1, 0.15) is 5.84 Å². The molecule has 166 valence electrons. The summed E-state index contributed by atoms with van der Waals surface area (Å²) in [7, 11) is 4.12. The molecule has 0 radical (unpaired) electrons. The number of nitrogens with two attached hydrogens (primary N) is 1. The molecule has 2 aliphatic rings. The van der Waals surface area contributed by atoms with Gasteiger partial charge >= 0.3 is 5.97 Å². The highest BCUT2D eigenvalue weighted by Crippen LogP contribution is 2.39. The van der Waals surface area contributed by atoms with Crippen LogP contribution in [0.1, 0.15) is 64.0 Å². The normalized spacial score (nSPS) is 21.3. The first-order chi connectivity index (χ1) is 15.0. The lowest BCUT2D eigenvalue weighted by Gasteiger charge is -2.33. The fraction of sp³-hybridized carbons (Fsp3) is 0.500. The number of hydrogen-bond acceptors (Lipinski definition) is 5. The molecule has 1 aromatic carbocycles. The number of aliphatic imine (C=N–C) groups is 1. The van der Waals surface area contributed by atoms with E-state index in [2.05, 4.69) is 17.3 Å². The molecular formula is C24H32N4O2S. The van der Waals surface area contributed by atoms with E-state index in [1.54, 1.807) is 12.1 Å². The van der Waals surface area contributed by atoms with E-state index >= 15 is 0 Å². The van der Waals surface area contributed by atoms with Crippen LogP contribution in [0.4, 0.5) is 5.00 Å². The van der Waals surface area contributed by atoms with Crippen LogP contribution in [0.3, 0.4) is 0 Å². The lowest BCUT2D eigenvalue weighted by Crippen LogP contribution is -2.36. The molecule has 2 aromatic rings. The van der Waals surface area contributed by atoms with Crippen molar-refractivity contribution in [1.82, 2.24) is 4.90 Å². The maximum atomic E-state index is 11.0. The number of fused-ring (bicyclic) bond motifs is 1. The molecule has 0 unspecified atom stereocenters. The summed E-state index contributed by atoms with van der Waals surface area (Å²) in [5.74, 6) is -0.175. The van der Waals surface area contributed by atoms with Crippen LogP contribution in [0.5, 0.6) is 0 Å². The van der Waals surface area contributed by atoms with E-state index in [0.717, 1.165) is 54.8 Å². The highest BCUT2D eigenvalue weighted by molar-refractivity contribution is 7.16. The first kappa shape index (κ1) is 21.8. The highest BCUT2D eigenvalue weighted by atomic mass is 32.1. The van der Waals surface area contributed by atoms with Gasteiger partial charge in [0.2, 0.25) is 0 Å². The molecule has 1 aromatic heterocycles. The van der Waals surface area contributed by atoms with E-state index in [1.807, 2.05) is 30.5 Å². The average Bonchev–Trinajstić information content (AvgIpc) is 3.35. The third-order valence-corrected chi connectivity index (χ3v) is 7.96. The lowest BCUT2D eigenvalue weighted by molar-refractivity contribution is 0.0697. The summed E-state index contributed by atoms with van der Waals surface area (Å²) in [6.07, 6.45) is 7.81. The van der Waals surface area contributed by atoms with Crippen molar-refractivity contribution in [3.8, 4) is 0 Å². The summed E-state index contributed by atoms with van der Waals surface area (Å²) in [5, 5.41) is 13.5. The van der Waals surface area contributed by atoms with Crippen molar-refractivity contribution in [3.05, 3.63) is 51.4 Å². The first-order valence-corrected chi connectivity index (χ1v) is 12.0. The summed E-state index contributed by atoms with van der Waals surface area (Å²) in [5.41, 5.74) is 10.6. The Bertz CT molecular complexity index is 959. The lowest BCUT2D eigenvalue weighted by atomic mass is 9.90. The molecule has 7 heteroatoms. The maximum Gasteiger partial charge on any atom is 0.335 e. The summed E-state index contributed by atoms with van der Waals surface area (Å²) < 4.78 is 0. The number of carboxylic acids is 1. The highest BCUT2D eigenvalue weighted by Gasteiger charge is 2.27. The largest absolute Gasteiger partial charge is 0.478 e. The Hall–Kier alpha value is -2.38. The molecule has 1 heterocycles. The molecule has 0 bridgehead atoms. The Morgan fingerprint density at radius 3 is 2.58 bits per heavy atom. The molecule has 0 spiro atoms. The van der Waals surface area contributed by atoms with Crippen LogP contribution in [-0.2, 0) is 19.4 Å². The molecule has 1 fully saturated rings. The minimum atomic E-state index is -0.882. The summed E-state index contributed by atoms with van der Waals surface area (Å²) >= 11 is 1.84. The van der Waals surface area contributed by atoms with Crippen molar-refractivity contribution in [1.29, 1.82) is 0 Å². The smallest absolute Gasteiger partial charge is 0.335 e. The second-order valence-corrected chi connectivity index (χ2v) is 9.81. The zero-order chi connectivity index (χ0) is 22.0. The number of thiophene rings is 1. The van der Waals surface area contributed by atoms with Crippen LogP contribution in [0.15, 0.2) is 29.3 Å². The van der Waals surface area contributed by atoms with E-state index in [-0.39, 0.29) is 0 Å². The molecule has 6 nitrogen and oxygen atoms in total. The number of carbonyl (C=O) groups is 1. The fourth-order valence-corrected chi connectivity index (χ4v) is 6.16. The first-order valence-electron chi connectivity index (χ1n) is 11.1. The summed E-state index contributed by atoms with van der Waals surface area (Å²) in [4.78, 5) is 19.8. The third-order valence-electron chi connectivity index (χ3n) is 6.65. The van der Waals surface area contributed by atoms with Crippen LogP contribution in [0.2, 0.25) is 0 Å². The van der Waals surface area contributed by atoms with E-state index in [1.165, 1.54) is 23.3 Å². The zero-order valence-corrected chi connectivity index (χ0v) is 19.2. The van der Waals surface area contributed by atoms with Crippen molar-refractivity contribution in [2.45, 2.75) is 63.6 Å². The van der Waals surface area contributed by atoms with Crippen molar-refractivity contribution in [2.24, 2.45) is 10.7 Å². The zero-order valence-electron chi connectivity index (χ0n) is 18.4. The van der Waals surface area contributed by atoms with Gasteiger partial charge in [-0.15, -0.1) is 11.3 Å². The van der Waals surface area contributed by atoms with Gasteiger partial charge in [-0.3, -0.25) is 9.89 Å². The van der Waals surface area contributed by atoms with Crippen LogP contribution >= 0.6 is 11.3 Å². The van der Waals surface area contributed by atoms with E-state index < -0.39 is 5.97 Å². The van der Waals surface area contributed by atoms with E-state index in [4.69, 9.17) is 15.8 Å². The van der Waals surface area contributed by atoms with Gasteiger partial charge in [0, 0.05) is 24.5 Å². The Labute approximate surface area is 188 Å². The van der Waals surface area contributed by atoms with Crippen molar-refractivity contribution >= 4 is 28.1 Å². The predicted molar refractivity (Wildman–Crippen MR) is 128 cm³/mol. The molecule has 4 N–H and O–H groups in total. The van der Waals surface area contributed by atoms with E-state index in [9.17, 15) is 4.79 Å². The van der Waals surface area contributed by atoms with Crippen molar-refractivity contribution in [3.63, 3.8) is 0 Å². The minimum Gasteiger partial charge on any atom is -0.478 e. The molecule has 0 aliphatic heterocycles. The summed E-state index contributed by atoms with van der Waals surface area (Å²) in [6, 6.07) is 8.00. The number of nitrogens with one attached hydrogen (secondary N) is 1. The molecular weight excluding hydrogens is 408 g/mol. The number of aryl methyl sites for hydroxylation is 1. The van der Waals surface area contributed by atoms with Gasteiger partial charge in [0.25, 0.3) is 0 Å². The van der Waals surface area contributed by atoms with Gasteiger partial charge in [0.15, 0.2) is 0 Å². The molecule has 0 saturated heterocycles. The van der Waals surface area contributed by atoms with Crippen molar-refractivity contribution < 1.29 is 9.90 Å². The molecule has 2 aliphatic carbocycles. The number of benzene rings is 1. The van der Waals surface area contributed by atoms with E-state index in [0.29, 0.717) is 23.5 Å². The van der Waals surface area contributed by atoms with Gasteiger partial charge in [-0.1, -0.05) is 12.1 Å². The molecule has 31 heavy (non-hydrogen) atoms. The van der Waals surface area contributed by atoms with Crippen LogP contribution in [0, 0.1) is 0 Å². The molecule has 4 rings (SSSR count). The van der Waals surface area contributed by atoms with Gasteiger partial charge in [-0.2, -0.15) is 0 Å². The Kier molecular flexibility index (Phi) is 6.62. The second-order valence-electron chi connectivity index (χ2n) is 8.71. The van der Waals surface area contributed by atoms with Crippen LogP contribution in [0.25, 0.3) is 0 Å². The minimum absolute atomic E-state index is 0.293. The number of anilines is 1. The fourth-order valence-electron chi connectivity index (χ4n) is 4.91. The molecule has 0 amide bonds. The van der Waals surface area contributed by atoms with Crippen molar-refractivity contribution in [2.75, 3.05) is 19.4 Å². The van der Waals surface area contributed by atoms with Gasteiger partial charge in [-0.25, -0.2) is 4.79 Å². The maximum absolute atomic E-state index is 11.0. The standard InChI is InChI=1S/C24H32N4O2S/c1-26-23-21(19-4-3-5-20(19)31-23)22(25)27-17-10-12-18(13-11-17)28(2)14-15-6-8-16(9-7-15)24(29)30/h6-9,17-18,26H,3-5,10-14H2,1-2H3,(H2,25,27)(H,29,30).